The van der Waals surface area contributed by atoms with E-state index in [-0.39, 0.29) is 5.91 Å². The maximum atomic E-state index is 11.6. The second kappa shape index (κ2) is 7.22. The van der Waals surface area contributed by atoms with Crippen LogP contribution in [0, 0.1) is 2.88 Å². The number of thiophene rings is 1. The van der Waals surface area contributed by atoms with E-state index in [1.165, 1.54) is 19.3 Å². The van der Waals surface area contributed by atoms with Crippen molar-refractivity contribution in [1.82, 2.24) is 5.32 Å². The molecule has 4 heteroatoms. The SMILES string of the molecule is CCCCCCNC(=O)c1csc(I)c1. The summed E-state index contributed by atoms with van der Waals surface area (Å²) >= 11 is 3.83. The first kappa shape index (κ1) is 13.0. The lowest BCUT2D eigenvalue weighted by Crippen LogP contribution is -2.23. The molecule has 0 aromatic carbocycles. The van der Waals surface area contributed by atoms with Gasteiger partial charge in [-0.25, -0.2) is 0 Å². The summed E-state index contributed by atoms with van der Waals surface area (Å²) in [7, 11) is 0. The fraction of sp³-hybridized carbons (Fsp3) is 0.545. The van der Waals surface area contributed by atoms with Gasteiger partial charge in [0.1, 0.15) is 0 Å². The maximum Gasteiger partial charge on any atom is 0.252 e. The molecule has 0 aliphatic carbocycles. The molecule has 1 rings (SSSR count). The highest BCUT2D eigenvalue weighted by molar-refractivity contribution is 14.1. The minimum absolute atomic E-state index is 0.0608. The molecule has 0 unspecified atom stereocenters. The van der Waals surface area contributed by atoms with Crippen molar-refractivity contribution in [3.63, 3.8) is 0 Å². The van der Waals surface area contributed by atoms with Gasteiger partial charge in [0.15, 0.2) is 0 Å². The summed E-state index contributed by atoms with van der Waals surface area (Å²) in [6.07, 6.45) is 4.78. The molecule has 2 nitrogen and oxygen atoms in total. The summed E-state index contributed by atoms with van der Waals surface area (Å²) in [5.74, 6) is 0.0608. The van der Waals surface area contributed by atoms with Crippen LogP contribution in [0.3, 0.4) is 0 Å². The summed E-state index contributed by atoms with van der Waals surface area (Å²) in [5.41, 5.74) is 0.792. The zero-order chi connectivity index (χ0) is 11.1. The predicted molar refractivity (Wildman–Crippen MR) is 73.5 cm³/mol. The number of halogens is 1. The Morgan fingerprint density at radius 2 is 2.27 bits per heavy atom. The molecule has 0 spiro atoms. The monoisotopic (exact) mass is 337 g/mol. The van der Waals surface area contributed by atoms with Gasteiger partial charge in [-0.2, -0.15) is 0 Å². The smallest absolute Gasteiger partial charge is 0.252 e. The Hall–Kier alpha value is -0.100. The zero-order valence-electron chi connectivity index (χ0n) is 8.88. The van der Waals surface area contributed by atoms with E-state index in [1.54, 1.807) is 11.3 Å². The van der Waals surface area contributed by atoms with E-state index < -0.39 is 0 Å². The highest BCUT2D eigenvalue weighted by Crippen LogP contribution is 2.16. The highest BCUT2D eigenvalue weighted by atomic mass is 127. The second-order valence-corrected chi connectivity index (χ2v) is 6.26. The third-order valence-electron chi connectivity index (χ3n) is 2.15. The minimum Gasteiger partial charge on any atom is -0.352 e. The van der Waals surface area contributed by atoms with Crippen molar-refractivity contribution in [3.8, 4) is 0 Å². The first-order valence-corrected chi connectivity index (χ1v) is 7.22. The summed E-state index contributed by atoms with van der Waals surface area (Å²) in [4.78, 5) is 11.6. The summed E-state index contributed by atoms with van der Waals surface area (Å²) in [5, 5.41) is 4.84. The van der Waals surface area contributed by atoms with Crippen molar-refractivity contribution in [2.24, 2.45) is 0 Å². The van der Waals surface area contributed by atoms with E-state index in [4.69, 9.17) is 0 Å². The Kier molecular flexibility index (Phi) is 6.24. The van der Waals surface area contributed by atoms with Gasteiger partial charge in [0.2, 0.25) is 0 Å². The first-order valence-electron chi connectivity index (χ1n) is 5.26. The molecule has 1 N–H and O–H groups in total. The molecule has 84 valence electrons. The van der Waals surface area contributed by atoms with Crippen molar-refractivity contribution in [2.45, 2.75) is 32.6 Å². The standard InChI is InChI=1S/C11H16INOS/c1-2-3-4-5-6-13-11(14)9-7-10(12)15-8-9/h7-8H,2-6H2,1H3,(H,13,14). The third-order valence-corrected chi connectivity index (χ3v) is 3.93. The predicted octanol–water partition coefficient (Wildman–Crippen LogP) is 3.66. The fourth-order valence-electron chi connectivity index (χ4n) is 1.28. The molecule has 1 amide bonds. The molecule has 0 bridgehead atoms. The Morgan fingerprint density at radius 1 is 1.47 bits per heavy atom. The molecule has 0 saturated heterocycles. The number of hydrogen-bond acceptors (Lipinski definition) is 2. The second-order valence-electron chi connectivity index (χ2n) is 3.46. The van der Waals surface area contributed by atoms with Crippen LogP contribution in [-0.2, 0) is 0 Å². The molecule has 0 aliphatic rings. The van der Waals surface area contributed by atoms with E-state index >= 15 is 0 Å². The normalized spacial score (nSPS) is 10.3. The van der Waals surface area contributed by atoms with Crippen LogP contribution in [0.5, 0.6) is 0 Å². The average Bonchev–Trinajstić information content (AvgIpc) is 2.64. The summed E-state index contributed by atoms with van der Waals surface area (Å²) in [6, 6.07) is 1.92. The Bertz CT molecular complexity index is 311. The molecule has 0 fully saturated rings. The van der Waals surface area contributed by atoms with Gasteiger partial charge in [-0.05, 0) is 35.1 Å². The topological polar surface area (TPSA) is 29.1 Å². The van der Waals surface area contributed by atoms with E-state index in [2.05, 4.69) is 34.8 Å². The van der Waals surface area contributed by atoms with Gasteiger partial charge >= 0.3 is 0 Å². The van der Waals surface area contributed by atoms with Crippen molar-refractivity contribution < 1.29 is 4.79 Å². The minimum atomic E-state index is 0.0608. The number of hydrogen-bond donors (Lipinski definition) is 1. The summed E-state index contributed by atoms with van der Waals surface area (Å²) < 4.78 is 1.16. The number of carbonyl (C=O) groups is 1. The molecule has 15 heavy (non-hydrogen) atoms. The van der Waals surface area contributed by atoms with E-state index in [0.717, 1.165) is 21.4 Å². The number of amides is 1. The number of unbranched alkanes of at least 4 members (excludes halogenated alkanes) is 3. The van der Waals surface area contributed by atoms with Crippen molar-refractivity contribution in [3.05, 3.63) is 19.9 Å². The van der Waals surface area contributed by atoms with Gasteiger partial charge in [0.05, 0.1) is 8.45 Å². The lowest BCUT2D eigenvalue weighted by Gasteiger charge is -2.02. The van der Waals surface area contributed by atoms with Crippen LogP contribution in [0.2, 0.25) is 0 Å². The molecule has 0 saturated carbocycles. The molecule has 0 atom stereocenters. The molecule has 1 heterocycles. The van der Waals surface area contributed by atoms with Crippen LogP contribution in [0.1, 0.15) is 43.0 Å². The van der Waals surface area contributed by atoms with Gasteiger partial charge in [0.25, 0.3) is 5.91 Å². The quantitative estimate of drug-likeness (QED) is 0.623. The van der Waals surface area contributed by atoms with Crippen molar-refractivity contribution >= 4 is 39.8 Å². The van der Waals surface area contributed by atoms with Crippen LogP contribution in [0.15, 0.2) is 11.4 Å². The van der Waals surface area contributed by atoms with Gasteiger partial charge in [-0.1, -0.05) is 26.2 Å². The van der Waals surface area contributed by atoms with Crippen molar-refractivity contribution in [1.29, 1.82) is 0 Å². The molecule has 0 radical (unpaired) electrons. The zero-order valence-corrected chi connectivity index (χ0v) is 11.9. The van der Waals surface area contributed by atoms with Gasteiger partial charge in [-0.15, -0.1) is 11.3 Å². The number of nitrogens with one attached hydrogen (secondary N) is 1. The largest absolute Gasteiger partial charge is 0.352 e. The third kappa shape index (κ3) is 4.97. The average molecular weight is 337 g/mol. The van der Waals surface area contributed by atoms with Crippen LogP contribution in [0.4, 0.5) is 0 Å². The van der Waals surface area contributed by atoms with Crippen LogP contribution < -0.4 is 5.32 Å². The van der Waals surface area contributed by atoms with Gasteiger partial charge < -0.3 is 5.32 Å². The van der Waals surface area contributed by atoms with Crippen LogP contribution in [0.25, 0.3) is 0 Å². The van der Waals surface area contributed by atoms with Crippen LogP contribution >= 0.6 is 33.9 Å². The van der Waals surface area contributed by atoms with Gasteiger partial charge in [0, 0.05) is 11.9 Å². The molecule has 1 aromatic heterocycles. The summed E-state index contributed by atoms with van der Waals surface area (Å²) in [6.45, 7) is 2.98. The highest BCUT2D eigenvalue weighted by Gasteiger charge is 2.06. The van der Waals surface area contributed by atoms with Crippen LogP contribution in [-0.4, -0.2) is 12.5 Å². The molecule has 0 aliphatic heterocycles. The van der Waals surface area contributed by atoms with Crippen molar-refractivity contribution in [2.75, 3.05) is 6.54 Å². The Labute approximate surface area is 109 Å². The lowest BCUT2D eigenvalue weighted by atomic mass is 10.2. The lowest BCUT2D eigenvalue weighted by molar-refractivity contribution is 0.0953. The van der Waals surface area contributed by atoms with Gasteiger partial charge in [-0.3, -0.25) is 4.79 Å². The Balaban J connectivity index is 2.19. The number of rotatable bonds is 6. The number of carbonyl (C=O) groups excluding carboxylic acids is 1. The maximum absolute atomic E-state index is 11.6. The van der Waals surface area contributed by atoms with E-state index in [1.807, 2.05) is 11.4 Å². The molecule has 1 aromatic rings. The van der Waals surface area contributed by atoms with E-state index in [0.29, 0.717) is 0 Å². The fourth-order valence-corrected chi connectivity index (χ4v) is 2.61. The molecular formula is C11H16INOS. The molecular weight excluding hydrogens is 321 g/mol. The van der Waals surface area contributed by atoms with E-state index in [9.17, 15) is 4.79 Å². The Morgan fingerprint density at radius 3 is 2.87 bits per heavy atom. The first-order chi connectivity index (χ1) is 7.24.